The quantitative estimate of drug-likeness (QED) is 0.853. The van der Waals surface area contributed by atoms with Gasteiger partial charge in [-0.25, -0.2) is 4.98 Å². The maximum atomic E-state index is 11.4. The maximum absolute atomic E-state index is 11.4. The van der Waals surface area contributed by atoms with Crippen LogP contribution in [0.4, 0.5) is 11.8 Å². The summed E-state index contributed by atoms with van der Waals surface area (Å²) in [6.45, 7) is 3.59. The molecule has 1 atom stereocenters. The van der Waals surface area contributed by atoms with Gasteiger partial charge in [0.05, 0.1) is 6.20 Å². The van der Waals surface area contributed by atoms with Crippen LogP contribution in [0.25, 0.3) is 0 Å². The molecule has 2 rings (SSSR count). The van der Waals surface area contributed by atoms with Gasteiger partial charge in [0.25, 0.3) is 0 Å². The summed E-state index contributed by atoms with van der Waals surface area (Å²) in [6.07, 6.45) is 4.19. The molecule has 2 heterocycles. The van der Waals surface area contributed by atoms with Gasteiger partial charge in [-0.3, -0.25) is 4.79 Å². The lowest BCUT2D eigenvalue weighted by Gasteiger charge is -2.24. The minimum Gasteiger partial charge on any atom is -0.368 e. The van der Waals surface area contributed by atoms with E-state index in [0.29, 0.717) is 16.8 Å². The van der Waals surface area contributed by atoms with Crippen LogP contribution in [0.3, 0.4) is 0 Å². The molecule has 19 heavy (non-hydrogen) atoms. The van der Waals surface area contributed by atoms with Crippen molar-refractivity contribution in [1.29, 1.82) is 0 Å². The second-order valence-electron chi connectivity index (χ2n) is 4.55. The molecule has 0 aromatic carbocycles. The minimum absolute atomic E-state index is 0.327. The second kappa shape index (κ2) is 6.06. The van der Waals surface area contributed by atoms with Gasteiger partial charge in [0.2, 0.25) is 11.9 Å². The first-order valence-electron chi connectivity index (χ1n) is 6.46. The van der Waals surface area contributed by atoms with Crippen LogP contribution >= 0.6 is 11.6 Å². The van der Waals surface area contributed by atoms with E-state index < -0.39 is 0 Å². The van der Waals surface area contributed by atoms with Crippen molar-refractivity contribution in [2.24, 2.45) is 5.73 Å². The van der Waals surface area contributed by atoms with Crippen LogP contribution in [-0.4, -0.2) is 35.0 Å². The van der Waals surface area contributed by atoms with Crippen molar-refractivity contribution in [3.8, 4) is 0 Å². The number of hydrogen-bond donors (Lipinski definition) is 2. The van der Waals surface area contributed by atoms with Crippen LogP contribution in [0.2, 0.25) is 5.02 Å². The van der Waals surface area contributed by atoms with Crippen LogP contribution < -0.4 is 16.0 Å². The number of carbonyl (C=O) groups is 1. The fourth-order valence-electron chi connectivity index (χ4n) is 2.20. The fourth-order valence-corrected chi connectivity index (χ4v) is 2.40. The first-order valence-corrected chi connectivity index (χ1v) is 6.83. The molecule has 0 bridgehead atoms. The third kappa shape index (κ3) is 3.07. The van der Waals surface area contributed by atoms with Crippen molar-refractivity contribution < 1.29 is 4.79 Å². The zero-order valence-corrected chi connectivity index (χ0v) is 11.7. The molecule has 1 aliphatic heterocycles. The molecular weight excluding hydrogens is 266 g/mol. The van der Waals surface area contributed by atoms with Gasteiger partial charge >= 0.3 is 0 Å². The third-order valence-corrected chi connectivity index (χ3v) is 3.38. The van der Waals surface area contributed by atoms with Gasteiger partial charge in [-0.05, 0) is 19.3 Å². The molecule has 0 spiro atoms. The summed E-state index contributed by atoms with van der Waals surface area (Å²) >= 11 is 6.13. The Bertz CT molecular complexity index is 467. The van der Waals surface area contributed by atoms with Gasteiger partial charge in [0.1, 0.15) is 11.1 Å². The standard InChI is InChI=1S/C12H18ClN5O/c1-2-5-15-12-16-7-8(13)11(17-12)18-6-3-4-9(18)10(14)19/h7,9H,2-6H2,1H3,(H2,14,19)(H,15,16,17). The summed E-state index contributed by atoms with van der Waals surface area (Å²) in [5.41, 5.74) is 5.41. The lowest BCUT2D eigenvalue weighted by atomic mass is 10.2. The van der Waals surface area contributed by atoms with Crippen molar-refractivity contribution in [2.75, 3.05) is 23.3 Å². The molecule has 6 nitrogen and oxygen atoms in total. The SMILES string of the molecule is CCCNc1ncc(Cl)c(N2CCCC2C(N)=O)n1. The highest BCUT2D eigenvalue weighted by molar-refractivity contribution is 6.32. The Balaban J connectivity index is 2.24. The molecule has 104 valence electrons. The number of primary amides is 1. The van der Waals surface area contributed by atoms with E-state index in [1.807, 2.05) is 4.90 Å². The summed E-state index contributed by atoms with van der Waals surface area (Å²) in [7, 11) is 0. The average Bonchev–Trinajstić information content (AvgIpc) is 2.87. The minimum atomic E-state index is -0.338. The molecular formula is C12H18ClN5O. The molecule has 1 amide bonds. The average molecular weight is 284 g/mol. The zero-order valence-electron chi connectivity index (χ0n) is 10.9. The van der Waals surface area contributed by atoms with Gasteiger partial charge in [-0.2, -0.15) is 4.98 Å². The highest BCUT2D eigenvalue weighted by Crippen LogP contribution is 2.30. The molecule has 1 unspecified atom stereocenters. The summed E-state index contributed by atoms with van der Waals surface area (Å²) in [6, 6.07) is -0.327. The molecule has 0 radical (unpaired) electrons. The van der Waals surface area contributed by atoms with E-state index in [4.69, 9.17) is 17.3 Å². The lowest BCUT2D eigenvalue weighted by molar-refractivity contribution is -0.119. The largest absolute Gasteiger partial charge is 0.368 e. The highest BCUT2D eigenvalue weighted by Gasteiger charge is 2.31. The number of amides is 1. The van der Waals surface area contributed by atoms with Gasteiger partial charge < -0.3 is 16.0 Å². The van der Waals surface area contributed by atoms with Crippen LogP contribution in [0.5, 0.6) is 0 Å². The smallest absolute Gasteiger partial charge is 0.240 e. The van der Waals surface area contributed by atoms with E-state index >= 15 is 0 Å². The first kappa shape index (κ1) is 13.9. The number of hydrogen-bond acceptors (Lipinski definition) is 5. The number of anilines is 2. The molecule has 0 aliphatic carbocycles. The maximum Gasteiger partial charge on any atom is 0.240 e. The van der Waals surface area contributed by atoms with E-state index in [1.54, 1.807) is 6.20 Å². The molecule has 1 aromatic heterocycles. The number of nitrogens with zero attached hydrogens (tertiary/aromatic N) is 3. The fraction of sp³-hybridized carbons (Fsp3) is 0.583. The lowest BCUT2D eigenvalue weighted by Crippen LogP contribution is -2.41. The van der Waals surface area contributed by atoms with Gasteiger partial charge in [-0.1, -0.05) is 18.5 Å². The van der Waals surface area contributed by atoms with Crippen molar-refractivity contribution in [3.05, 3.63) is 11.2 Å². The van der Waals surface area contributed by atoms with E-state index in [-0.39, 0.29) is 11.9 Å². The van der Waals surface area contributed by atoms with E-state index in [9.17, 15) is 4.79 Å². The van der Waals surface area contributed by atoms with Crippen LogP contribution in [0, 0.1) is 0 Å². The molecule has 1 aliphatic rings. The van der Waals surface area contributed by atoms with Crippen LogP contribution in [-0.2, 0) is 4.79 Å². The Hall–Kier alpha value is -1.56. The number of aromatic nitrogens is 2. The molecule has 7 heteroatoms. The summed E-state index contributed by atoms with van der Waals surface area (Å²) < 4.78 is 0. The molecule has 1 saturated heterocycles. The van der Waals surface area contributed by atoms with Crippen molar-refractivity contribution >= 4 is 29.3 Å². The van der Waals surface area contributed by atoms with Crippen LogP contribution in [0.1, 0.15) is 26.2 Å². The number of carbonyl (C=O) groups excluding carboxylic acids is 1. The predicted molar refractivity (Wildman–Crippen MR) is 75.4 cm³/mol. The number of nitrogens with two attached hydrogens (primary N) is 1. The molecule has 1 aromatic rings. The predicted octanol–water partition coefficient (Wildman–Crippen LogP) is 1.41. The molecule has 3 N–H and O–H groups in total. The van der Waals surface area contributed by atoms with Crippen molar-refractivity contribution in [3.63, 3.8) is 0 Å². The Morgan fingerprint density at radius 2 is 2.47 bits per heavy atom. The number of nitrogens with one attached hydrogen (secondary N) is 1. The summed E-state index contributed by atoms with van der Waals surface area (Å²) in [5, 5.41) is 3.55. The second-order valence-corrected chi connectivity index (χ2v) is 4.95. The van der Waals surface area contributed by atoms with Crippen molar-refractivity contribution in [1.82, 2.24) is 9.97 Å². The van der Waals surface area contributed by atoms with Gasteiger partial charge in [0, 0.05) is 13.1 Å². The summed E-state index contributed by atoms with van der Waals surface area (Å²) in [5.74, 6) is 0.767. The first-order chi connectivity index (χ1) is 9.13. The van der Waals surface area contributed by atoms with E-state index in [1.165, 1.54) is 0 Å². The normalized spacial score (nSPS) is 18.6. The van der Waals surface area contributed by atoms with Crippen LogP contribution in [0.15, 0.2) is 6.20 Å². The van der Waals surface area contributed by atoms with E-state index in [0.717, 1.165) is 32.4 Å². The monoisotopic (exact) mass is 283 g/mol. The third-order valence-electron chi connectivity index (χ3n) is 3.11. The molecule has 1 fully saturated rings. The topological polar surface area (TPSA) is 84.1 Å². The highest BCUT2D eigenvalue weighted by atomic mass is 35.5. The Morgan fingerprint density at radius 3 is 3.16 bits per heavy atom. The Labute approximate surface area is 117 Å². The van der Waals surface area contributed by atoms with E-state index in [2.05, 4.69) is 22.2 Å². The summed E-state index contributed by atoms with van der Waals surface area (Å²) in [4.78, 5) is 21.8. The number of halogens is 1. The Kier molecular flexibility index (Phi) is 4.42. The van der Waals surface area contributed by atoms with Gasteiger partial charge in [-0.15, -0.1) is 0 Å². The van der Waals surface area contributed by atoms with Gasteiger partial charge in [0.15, 0.2) is 5.82 Å². The van der Waals surface area contributed by atoms with Crippen molar-refractivity contribution in [2.45, 2.75) is 32.2 Å². The number of rotatable bonds is 5. The molecule has 0 saturated carbocycles. The Morgan fingerprint density at radius 1 is 1.68 bits per heavy atom. The zero-order chi connectivity index (χ0) is 13.8.